The summed E-state index contributed by atoms with van der Waals surface area (Å²) in [5.41, 5.74) is 0.289. The van der Waals surface area contributed by atoms with Crippen LogP contribution in [0.2, 0.25) is 0 Å². The van der Waals surface area contributed by atoms with Gasteiger partial charge >= 0.3 is 11.9 Å². The lowest BCUT2D eigenvalue weighted by Crippen LogP contribution is -2.47. The first kappa shape index (κ1) is 27.4. The molecular formula is C30H27N2O6P. The van der Waals surface area contributed by atoms with E-state index in [2.05, 4.69) is 5.32 Å². The molecule has 0 spiro atoms. The lowest BCUT2D eigenvalue weighted by atomic mass is 10.2. The Morgan fingerprint density at radius 1 is 0.718 bits per heavy atom. The van der Waals surface area contributed by atoms with E-state index in [1.54, 1.807) is 0 Å². The number of non-ortho nitro benzene ring substituents is 1. The smallest absolute Gasteiger partial charge is 0.337 e. The van der Waals surface area contributed by atoms with Crippen molar-refractivity contribution in [2.24, 2.45) is 0 Å². The summed E-state index contributed by atoms with van der Waals surface area (Å²) in [5, 5.41) is 17.0. The second kappa shape index (κ2) is 12.2. The monoisotopic (exact) mass is 542 g/mol. The van der Waals surface area contributed by atoms with Crippen molar-refractivity contribution in [2.75, 3.05) is 19.5 Å². The molecule has 0 aliphatic heterocycles. The summed E-state index contributed by atoms with van der Waals surface area (Å²) in [5.74, 6) is -1.38. The Kier molecular flexibility index (Phi) is 8.59. The zero-order valence-corrected chi connectivity index (χ0v) is 22.3. The second-order valence-electron chi connectivity index (χ2n) is 8.46. The zero-order chi connectivity index (χ0) is 27.8. The van der Waals surface area contributed by atoms with Crippen molar-refractivity contribution >= 4 is 51.4 Å². The fourth-order valence-corrected chi connectivity index (χ4v) is 9.08. The molecule has 0 fully saturated rings. The number of nitro groups is 1. The molecule has 0 radical (unpaired) electrons. The Morgan fingerprint density at radius 2 is 1.15 bits per heavy atom. The molecule has 0 amide bonds. The highest BCUT2D eigenvalue weighted by atomic mass is 31.2. The molecule has 0 bridgehead atoms. The highest BCUT2D eigenvalue weighted by Crippen LogP contribution is 2.47. The second-order valence-corrected chi connectivity index (χ2v) is 11.8. The van der Waals surface area contributed by atoms with E-state index in [-0.39, 0.29) is 11.0 Å². The van der Waals surface area contributed by atoms with Crippen LogP contribution in [0.1, 0.15) is 0 Å². The Hall–Kier alpha value is -4.68. The van der Waals surface area contributed by atoms with Crippen molar-refractivity contribution in [3.05, 3.63) is 125 Å². The van der Waals surface area contributed by atoms with Crippen LogP contribution in [0.15, 0.2) is 115 Å². The van der Waals surface area contributed by atoms with Gasteiger partial charge < -0.3 is 14.8 Å². The van der Waals surface area contributed by atoms with Crippen molar-refractivity contribution in [3.8, 4) is 0 Å². The quantitative estimate of drug-likeness (QED) is 0.148. The molecule has 4 rings (SSSR count). The van der Waals surface area contributed by atoms with Crippen LogP contribution < -0.4 is 21.2 Å². The summed E-state index contributed by atoms with van der Waals surface area (Å²) >= 11 is 0. The Labute approximate surface area is 226 Å². The van der Waals surface area contributed by atoms with Gasteiger partial charge in [-0.15, -0.1) is 0 Å². The van der Waals surface area contributed by atoms with Crippen LogP contribution >= 0.6 is 6.89 Å². The van der Waals surface area contributed by atoms with E-state index in [1.165, 1.54) is 38.5 Å². The number of esters is 2. The van der Waals surface area contributed by atoms with E-state index >= 15 is 0 Å². The predicted octanol–water partition coefficient (Wildman–Crippen LogP) is 3.89. The number of carbonyl (C=O) groups excluding carboxylic acids is 2. The van der Waals surface area contributed by atoms with Crippen molar-refractivity contribution in [3.63, 3.8) is 0 Å². The molecule has 1 atom stereocenters. The predicted molar refractivity (Wildman–Crippen MR) is 155 cm³/mol. The summed E-state index contributed by atoms with van der Waals surface area (Å²) in [6, 6.07) is 33.0. The van der Waals surface area contributed by atoms with Crippen LogP contribution in [0, 0.1) is 10.1 Å². The number of anilines is 1. The van der Waals surface area contributed by atoms with Gasteiger partial charge in [0.2, 0.25) is 0 Å². The maximum absolute atomic E-state index is 13.9. The van der Waals surface area contributed by atoms with E-state index in [0.717, 1.165) is 15.9 Å². The number of hydrogen-bond acceptors (Lipinski definition) is 7. The van der Waals surface area contributed by atoms with Gasteiger partial charge in [-0.3, -0.25) is 10.1 Å². The maximum atomic E-state index is 13.9. The molecule has 39 heavy (non-hydrogen) atoms. The van der Waals surface area contributed by atoms with Crippen molar-refractivity contribution in [1.82, 2.24) is 0 Å². The number of ether oxygens (including phenoxy) is 2. The van der Waals surface area contributed by atoms with E-state index in [0.29, 0.717) is 5.69 Å². The standard InChI is InChI=1S/C30H27N2O6P/c1-37-29(33)27(31-22-18-20-23(21-19-22)32(35)36)28(30(34)38-2)39(24-12-6-3-7-13-24,25-14-8-4-9-15-25)26-16-10-5-11-17-26/h3-21,27,31H,1-2H3. The third-order valence-electron chi connectivity index (χ3n) is 6.29. The minimum Gasteiger partial charge on any atom is -0.467 e. The number of hydrogen-bond donors (Lipinski definition) is 1. The molecule has 0 saturated heterocycles. The lowest BCUT2D eigenvalue weighted by Gasteiger charge is -2.34. The van der Waals surface area contributed by atoms with E-state index < -0.39 is 29.8 Å². The molecule has 1 N–H and O–H groups in total. The van der Waals surface area contributed by atoms with E-state index in [9.17, 15) is 19.7 Å². The van der Waals surface area contributed by atoms with Gasteiger partial charge in [-0.05, 0) is 34.9 Å². The molecule has 198 valence electrons. The summed E-state index contributed by atoms with van der Waals surface area (Å²) in [6.07, 6.45) is 0. The van der Waals surface area contributed by atoms with Gasteiger partial charge in [0, 0.05) is 17.8 Å². The molecule has 0 aliphatic rings. The minimum atomic E-state index is -3.05. The summed E-state index contributed by atoms with van der Waals surface area (Å²) in [4.78, 5) is 38.1. The van der Waals surface area contributed by atoms with Crippen LogP contribution in [-0.2, 0) is 19.1 Å². The number of carbonyl (C=O) groups is 2. The summed E-state index contributed by atoms with van der Waals surface area (Å²) in [6.45, 7) is -3.05. The third-order valence-corrected chi connectivity index (χ3v) is 10.7. The number of methoxy groups -OCH3 is 2. The van der Waals surface area contributed by atoms with Crippen molar-refractivity contribution in [2.45, 2.75) is 6.04 Å². The summed E-state index contributed by atoms with van der Waals surface area (Å²) in [7, 11) is 2.52. The molecule has 0 aromatic heterocycles. The first-order valence-electron chi connectivity index (χ1n) is 12.0. The fraction of sp³-hybridized carbons (Fsp3) is 0.100. The van der Waals surface area contributed by atoms with Crippen LogP contribution in [-0.4, -0.2) is 42.4 Å². The first-order valence-corrected chi connectivity index (χ1v) is 13.8. The normalized spacial score (nSPS) is 11.6. The van der Waals surface area contributed by atoms with Gasteiger partial charge in [0.25, 0.3) is 5.69 Å². The molecule has 0 saturated carbocycles. The zero-order valence-electron chi connectivity index (χ0n) is 21.4. The lowest BCUT2D eigenvalue weighted by molar-refractivity contribution is -0.384. The van der Waals surface area contributed by atoms with Gasteiger partial charge in [-0.2, -0.15) is 0 Å². The van der Waals surface area contributed by atoms with Crippen LogP contribution in [0.5, 0.6) is 0 Å². The van der Waals surface area contributed by atoms with Gasteiger partial charge in [0.15, 0.2) is 6.04 Å². The van der Waals surface area contributed by atoms with Crippen LogP contribution in [0.25, 0.3) is 0 Å². The minimum absolute atomic E-state index is 0.105. The molecule has 4 aromatic carbocycles. The van der Waals surface area contributed by atoms with E-state index in [1.807, 2.05) is 91.0 Å². The SMILES string of the molecule is COC(=O)C(C(Nc1ccc([N+](=O)[O-])cc1)C(=O)OC)=P(c1ccccc1)(c1ccccc1)c1ccccc1. The topological polar surface area (TPSA) is 108 Å². The van der Waals surface area contributed by atoms with Gasteiger partial charge in [-0.25, -0.2) is 9.59 Å². The Balaban J connectivity index is 2.16. The van der Waals surface area contributed by atoms with Crippen molar-refractivity contribution in [1.29, 1.82) is 0 Å². The number of nitrogens with zero attached hydrogens (tertiary/aromatic N) is 1. The van der Waals surface area contributed by atoms with E-state index in [4.69, 9.17) is 9.47 Å². The Morgan fingerprint density at radius 3 is 1.51 bits per heavy atom. The molecule has 1 unspecified atom stereocenters. The average molecular weight is 543 g/mol. The fourth-order valence-electron chi connectivity index (χ4n) is 4.58. The summed E-state index contributed by atoms with van der Waals surface area (Å²) < 4.78 is 10.6. The molecule has 8 nitrogen and oxygen atoms in total. The average Bonchev–Trinajstić information content (AvgIpc) is 2.99. The number of nitro benzene ring substituents is 1. The van der Waals surface area contributed by atoms with Crippen LogP contribution in [0.3, 0.4) is 0 Å². The Bertz CT molecular complexity index is 1400. The molecule has 0 heterocycles. The van der Waals surface area contributed by atoms with Gasteiger partial charge in [-0.1, -0.05) is 91.0 Å². The molecule has 4 aromatic rings. The molecule has 9 heteroatoms. The largest absolute Gasteiger partial charge is 0.467 e. The number of rotatable bonds is 9. The van der Waals surface area contributed by atoms with Crippen molar-refractivity contribution < 1.29 is 24.0 Å². The highest BCUT2D eigenvalue weighted by molar-refractivity contribution is 7.96. The third kappa shape index (κ3) is 5.47. The molecule has 0 aliphatic carbocycles. The first-order chi connectivity index (χ1) is 18.9. The van der Waals surface area contributed by atoms with Crippen LogP contribution in [0.4, 0.5) is 11.4 Å². The maximum Gasteiger partial charge on any atom is 0.337 e. The highest BCUT2D eigenvalue weighted by Gasteiger charge is 2.41. The van der Waals surface area contributed by atoms with Gasteiger partial charge in [0.1, 0.15) is 0 Å². The molecular weight excluding hydrogens is 515 g/mol. The number of nitrogens with one attached hydrogen (secondary N) is 1. The number of benzene rings is 4. The van der Waals surface area contributed by atoms with Gasteiger partial charge in [0.05, 0.1) is 24.4 Å².